The van der Waals surface area contributed by atoms with Gasteiger partial charge in [0, 0.05) is 44.9 Å². The molecule has 6 nitrogen and oxygen atoms in total. The van der Waals surface area contributed by atoms with Crippen LogP contribution in [0.25, 0.3) is 0 Å². The molecule has 2 N–H and O–H groups in total. The monoisotopic (exact) mass is 334 g/mol. The van der Waals surface area contributed by atoms with Crippen molar-refractivity contribution in [2.45, 2.75) is 18.9 Å². The van der Waals surface area contributed by atoms with Gasteiger partial charge in [0.1, 0.15) is 6.04 Å². The van der Waals surface area contributed by atoms with Crippen LogP contribution in [0.2, 0.25) is 0 Å². The normalized spacial score (nSPS) is 17.6. The molecule has 0 aliphatic carbocycles. The van der Waals surface area contributed by atoms with Crippen molar-refractivity contribution in [3.8, 4) is 0 Å². The molecule has 0 spiro atoms. The summed E-state index contributed by atoms with van der Waals surface area (Å²) in [6.45, 7) is 3.82. The average molecular weight is 335 g/mol. The summed E-state index contributed by atoms with van der Waals surface area (Å²) in [6.07, 6.45) is 3.74. The van der Waals surface area contributed by atoms with Gasteiger partial charge in [-0.2, -0.15) is 0 Å². The van der Waals surface area contributed by atoms with Gasteiger partial charge in [-0.15, -0.1) is 23.7 Å². The van der Waals surface area contributed by atoms with Gasteiger partial charge in [0.2, 0.25) is 5.91 Å². The molecule has 2 heterocycles. The maximum absolute atomic E-state index is 12.2. The highest BCUT2D eigenvalue weighted by atomic mass is 35.5. The standard InChI is InChI=1S/C13H22N4O2S.ClH/c1-19-9-6-14-4-5-15-12(18)11-3-2-8-17(11)13-16-7-10-20-13;/h7,10-11,14H,2-6,8-9H2,1H3,(H,15,18);1H. The first-order valence-corrected chi connectivity index (χ1v) is 7.84. The summed E-state index contributed by atoms with van der Waals surface area (Å²) in [4.78, 5) is 18.6. The molecule has 0 bridgehead atoms. The summed E-state index contributed by atoms with van der Waals surface area (Å²) in [6, 6.07) is -0.0693. The van der Waals surface area contributed by atoms with Crippen molar-refractivity contribution in [2.75, 3.05) is 44.8 Å². The number of hydrogen-bond acceptors (Lipinski definition) is 6. The zero-order chi connectivity index (χ0) is 14.2. The van der Waals surface area contributed by atoms with Gasteiger partial charge < -0.3 is 20.3 Å². The van der Waals surface area contributed by atoms with E-state index in [1.54, 1.807) is 24.6 Å². The van der Waals surface area contributed by atoms with Gasteiger partial charge in [-0.05, 0) is 12.8 Å². The third-order valence-electron chi connectivity index (χ3n) is 3.30. The number of amides is 1. The zero-order valence-corrected chi connectivity index (χ0v) is 13.8. The molecule has 1 aromatic rings. The predicted octanol–water partition coefficient (Wildman–Crippen LogP) is 0.886. The Labute approximate surface area is 135 Å². The first kappa shape index (κ1) is 18.2. The lowest BCUT2D eigenvalue weighted by molar-refractivity contribution is -0.122. The number of rotatable bonds is 8. The van der Waals surface area contributed by atoms with Crippen LogP contribution in [0.5, 0.6) is 0 Å². The van der Waals surface area contributed by atoms with E-state index in [-0.39, 0.29) is 24.4 Å². The van der Waals surface area contributed by atoms with E-state index in [1.165, 1.54) is 0 Å². The molecule has 1 aliphatic rings. The number of ether oxygens (including phenoxy) is 1. The van der Waals surface area contributed by atoms with Crippen molar-refractivity contribution in [1.29, 1.82) is 0 Å². The lowest BCUT2D eigenvalue weighted by Gasteiger charge is -2.23. The highest BCUT2D eigenvalue weighted by Crippen LogP contribution is 2.27. The van der Waals surface area contributed by atoms with E-state index in [2.05, 4.69) is 20.5 Å². The second-order valence-electron chi connectivity index (χ2n) is 4.70. The number of nitrogens with one attached hydrogen (secondary N) is 2. The summed E-state index contributed by atoms with van der Waals surface area (Å²) in [5, 5.41) is 9.09. The minimum Gasteiger partial charge on any atom is -0.383 e. The molecule has 1 fully saturated rings. The van der Waals surface area contributed by atoms with Gasteiger partial charge in [-0.1, -0.05) is 0 Å². The van der Waals surface area contributed by atoms with Crippen LogP contribution < -0.4 is 15.5 Å². The second kappa shape index (κ2) is 9.94. The summed E-state index contributed by atoms with van der Waals surface area (Å²) in [7, 11) is 1.68. The smallest absolute Gasteiger partial charge is 0.242 e. The quantitative estimate of drug-likeness (QED) is 0.691. The molecule has 120 valence electrons. The molecule has 0 aromatic carbocycles. The van der Waals surface area contributed by atoms with E-state index in [4.69, 9.17) is 4.74 Å². The Morgan fingerprint density at radius 2 is 2.38 bits per heavy atom. The van der Waals surface area contributed by atoms with Crippen LogP contribution in [0.1, 0.15) is 12.8 Å². The minimum absolute atomic E-state index is 0. The Balaban J connectivity index is 0.00000220. The molecule has 2 rings (SSSR count). The first-order valence-electron chi connectivity index (χ1n) is 6.96. The largest absolute Gasteiger partial charge is 0.383 e. The number of hydrogen-bond donors (Lipinski definition) is 2. The Bertz CT molecular complexity index is 405. The zero-order valence-electron chi connectivity index (χ0n) is 12.2. The third kappa shape index (κ3) is 5.43. The number of methoxy groups -OCH3 is 1. The highest BCUT2D eigenvalue weighted by Gasteiger charge is 2.31. The van der Waals surface area contributed by atoms with Crippen molar-refractivity contribution in [2.24, 2.45) is 0 Å². The first-order chi connectivity index (χ1) is 9.83. The molecule has 0 saturated carbocycles. The topological polar surface area (TPSA) is 66.5 Å². The fourth-order valence-electron chi connectivity index (χ4n) is 2.32. The molecule has 1 atom stereocenters. The summed E-state index contributed by atoms with van der Waals surface area (Å²) in [5.41, 5.74) is 0. The van der Waals surface area contributed by atoms with Gasteiger partial charge in [0.15, 0.2) is 5.13 Å². The minimum atomic E-state index is -0.0693. The number of thiazole rings is 1. The van der Waals surface area contributed by atoms with Crippen LogP contribution in [0, 0.1) is 0 Å². The number of carbonyl (C=O) groups excluding carboxylic acids is 1. The highest BCUT2D eigenvalue weighted by molar-refractivity contribution is 7.13. The Morgan fingerprint density at radius 3 is 3.10 bits per heavy atom. The number of aromatic nitrogens is 1. The lowest BCUT2D eigenvalue weighted by atomic mass is 10.2. The molecule has 1 aromatic heterocycles. The van der Waals surface area contributed by atoms with E-state index in [9.17, 15) is 4.79 Å². The molecule has 8 heteroatoms. The van der Waals surface area contributed by atoms with Crippen LogP contribution in [-0.4, -0.2) is 56.8 Å². The molecule has 21 heavy (non-hydrogen) atoms. The molecular formula is C13H23ClN4O2S. The molecular weight excluding hydrogens is 312 g/mol. The van der Waals surface area contributed by atoms with Gasteiger partial charge in [-0.25, -0.2) is 4.98 Å². The molecule has 0 radical (unpaired) electrons. The van der Waals surface area contributed by atoms with Crippen LogP contribution in [-0.2, 0) is 9.53 Å². The fourth-order valence-corrected chi connectivity index (χ4v) is 3.04. The van der Waals surface area contributed by atoms with Crippen molar-refractivity contribution >= 4 is 34.8 Å². The van der Waals surface area contributed by atoms with Gasteiger partial charge in [0.25, 0.3) is 0 Å². The van der Waals surface area contributed by atoms with Crippen molar-refractivity contribution in [3.05, 3.63) is 11.6 Å². The van der Waals surface area contributed by atoms with Crippen molar-refractivity contribution in [1.82, 2.24) is 15.6 Å². The van der Waals surface area contributed by atoms with E-state index >= 15 is 0 Å². The van der Waals surface area contributed by atoms with E-state index in [0.717, 1.165) is 37.6 Å². The average Bonchev–Trinajstić information content (AvgIpc) is 3.11. The summed E-state index contributed by atoms with van der Waals surface area (Å²) >= 11 is 1.59. The molecule has 1 amide bonds. The Hall–Kier alpha value is -0.890. The number of halogens is 1. The third-order valence-corrected chi connectivity index (χ3v) is 4.11. The summed E-state index contributed by atoms with van der Waals surface area (Å²) < 4.78 is 4.94. The van der Waals surface area contributed by atoms with Crippen LogP contribution in [0.3, 0.4) is 0 Å². The van der Waals surface area contributed by atoms with Crippen molar-refractivity contribution in [3.63, 3.8) is 0 Å². The molecule has 1 unspecified atom stereocenters. The van der Waals surface area contributed by atoms with E-state index in [0.29, 0.717) is 13.2 Å². The predicted molar refractivity (Wildman–Crippen MR) is 87.5 cm³/mol. The molecule has 1 aliphatic heterocycles. The SMILES string of the molecule is COCCNCCNC(=O)C1CCCN1c1nccs1.Cl. The van der Waals surface area contributed by atoms with E-state index in [1.807, 2.05) is 5.38 Å². The van der Waals surface area contributed by atoms with Crippen molar-refractivity contribution < 1.29 is 9.53 Å². The Kier molecular flexibility index (Phi) is 8.60. The number of nitrogens with zero attached hydrogens (tertiary/aromatic N) is 2. The Morgan fingerprint density at radius 1 is 1.52 bits per heavy atom. The van der Waals surface area contributed by atoms with Gasteiger partial charge >= 0.3 is 0 Å². The second-order valence-corrected chi connectivity index (χ2v) is 5.57. The lowest BCUT2D eigenvalue weighted by Crippen LogP contribution is -2.45. The fraction of sp³-hybridized carbons (Fsp3) is 0.692. The number of carbonyl (C=O) groups is 1. The van der Waals surface area contributed by atoms with Crippen LogP contribution >= 0.6 is 23.7 Å². The summed E-state index contributed by atoms with van der Waals surface area (Å²) in [5.74, 6) is 0.103. The van der Waals surface area contributed by atoms with Crippen LogP contribution in [0.15, 0.2) is 11.6 Å². The van der Waals surface area contributed by atoms with Gasteiger partial charge in [-0.3, -0.25) is 4.79 Å². The number of anilines is 1. The van der Waals surface area contributed by atoms with E-state index < -0.39 is 0 Å². The van der Waals surface area contributed by atoms with Gasteiger partial charge in [0.05, 0.1) is 6.61 Å². The van der Waals surface area contributed by atoms with Crippen LogP contribution in [0.4, 0.5) is 5.13 Å². The maximum atomic E-state index is 12.2. The maximum Gasteiger partial charge on any atom is 0.242 e. The molecule has 1 saturated heterocycles.